The van der Waals surface area contributed by atoms with Gasteiger partial charge in [0.05, 0.1) is 11.4 Å². The third-order valence-electron chi connectivity index (χ3n) is 16.6. The first kappa shape index (κ1) is 41.8. The minimum atomic E-state index is -0.278. The Balaban J connectivity index is 0.902. The van der Waals surface area contributed by atoms with E-state index in [1.807, 2.05) is 0 Å². The molecule has 0 fully saturated rings. The number of benzene rings is 12. The zero-order chi connectivity index (χ0) is 48.7. The van der Waals surface area contributed by atoms with E-state index in [2.05, 4.69) is 268 Å². The highest BCUT2D eigenvalue weighted by Gasteiger charge is 2.39. The molecular formula is C70H50N2O. The normalized spacial score (nSPS) is 14.0. The first-order chi connectivity index (χ1) is 35.7. The molecule has 15 rings (SSSR count). The molecule has 3 nitrogen and oxygen atoms in total. The molecule has 0 saturated heterocycles. The lowest BCUT2D eigenvalue weighted by Crippen LogP contribution is -2.16. The van der Waals surface area contributed by atoms with Crippen LogP contribution in [0.5, 0.6) is 0 Å². The zero-order valence-electron chi connectivity index (χ0n) is 41.2. The van der Waals surface area contributed by atoms with Crippen molar-refractivity contribution in [3.05, 3.63) is 253 Å². The minimum Gasteiger partial charge on any atom is -0.453 e. The lowest BCUT2D eigenvalue weighted by molar-refractivity contribution is 0.660. The van der Waals surface area contributed by atoms with E-state index >= 15 is 0 Å². The summed E-state index contributed by atoms with van der Waals surface area (Å²) in [6.07, 6.45) is 0. The fourth-order valence-corrected chi connectivity index (χ4v) is 13.1. The lowest BCUT2D eigenvalue weighted by atomic mass is 9.80. The largest absolute Gasteiger partial charge is 0.453 e. The van der Waals surface area contributed by atoms with E-state index in [1.54, 1.807) is 0 Å². The second-order valence-corrected chi connectivity index (χ2v) is 21.2. The maximum atomic E-state index is 7.05. The molecule has 2 aliphatic rings. The molecule has 0 atom stereocenters. The highest BCUT2D eigenvalue weighted by molar-refractivity contribution is 6.29. The molecule has 0 spiro atoms. The summed E-state index contributed by atoms with van der Waals surface area (Å²) in [5.41, 5.74) is 21.0. The van der Waals surface area contributed by atoms with Crippen LogP contribution in [-0.2, 0) is 10.8 Å². The Bertz CT molecular complexity index is 4370. The Morgan fingerprint density at radius 1 is 0.315 bits per heavy atom. The molecule has 346 valence electrons. The van der Waals surface area contributed by atoms with Crippen molar-refractivity contribution in [3.63, 3.8) is 0 Å². The van der Waals surface area contributed by atoms with E-state index in [-0.39, 0.29) is 10.8 Å². The van der Waals surface area contributed by atoms with E-state index < -0.39 is 0 Å². The van der Waals surface area contributed by atoms with Gasteiger partial charge in [-0.1, -0.05) is 191 Å². The van der Waals surface area contributed by atoms with Crippen LogP contribution < -0.4 is 9.80 Å². The number of nitrogens with zero attached hydrogens (tertiary/aromatic N) is 2. The van der Waals surface area contributed by atoms with Crippen LogP contribution in [0.4, 0.5) is 34.1 Å². The number of furan rings is 1. The Morgan fingerprint density at radius 3 is 1.67 bits per heavy atom. The molecule has 2 aliphatic carbocycles. The third-order valence-corrected chi connectivity index (χ3v) is 16.6. The number of hydrogen-bond donors (Lipinski definition) is 0. The van der Waals surface area contributed by atoms with Crippen LogP contribution in [0.15, 0.2) is 235 Å². The van der Waals surface area contributed by atoms with Crippen LogP contribution in [0.3, 0.4) is 0 Å². The predicted octanol–water partition coefficient (Wildman–Crippen LogP) is 19.7. The predicted molar refractivity (Wildman–Crippen MR) is 307 cm³/mol. The van der Waals surface area contributed by atoms with E-state index in [1.165, 1.54) is 82.5 Å². The molecule has 0 saturated carbocycles. The number of fused-ring (bicyclic) bond motifs is 10. The molecule has 0 unspecified atom stereocenters. The smallest absolute Gasteiger partial charge is 0.159 e. The van der Waals surface area contributed by atoms with Crippen LogP contribution in [0, 0.1) is 0 Å². The molecule has 0 radical (unpaired) electrons. The van der Waals surface area contributed by atoms with Gasteiger partial charge in [-0.15, -0.1) is 0 Å². The van der Waals surface area contributed by atoms with Crippen molar-refractivity contribution in [1.82, 2.24) is 0 Å². The van der Waals surface area contributed by atoms with Gasteiger partial charge in [0.25, 0.3) is 0 Å². The third kappa shape index (κ3) is 5.94. The fourth-order valence-electron chi connectivity index (χ4n) is 13.1. The lowest BCUT2D eigenvalue weighted by Gasteiger charge is -2.29. The maximum absolute atomic E-state index is 7.05. The second kappa shape index (κ2) is 15.3. The molecule has 3 heteroatoms. The quantitative estimate of drug-likeness (QED) is 0.149. The molecule has 73 heavy (non-hydrogen) atoms. The Morgan fingerprint density at radius 2 is 0.890 bits per heavy atom. The van der Waals surface area contributed by atoms with Crippen molar-refractivity contribution >= 4 is 88.4 Å². The number of para-hydroxylation sites is 4. The van der Waals surface area contributed by atoms with E-state index in [4.69, 9.17) is 4.42 Å². The van der Waals surface area contributed by atoms with Gasteiger partial charge in [-0.25, -0.2) is 0 Å². The van der Waals surface area contributed by atoms with Crippen molar-refractivity contribution in [2.75, 3.05) is 9.80 Å². The molecule has 0 N–H and O–H groups in total. The van der Waals surface area contributed by atoms with Gasteiger partial charge in [-0.3, -0.25) is 0 Å². The van der Waals surface area contributed by atoms with E-state index in [9.17, 15) is 0 Å². The SMILES string of the molecule is CC1(C)c2ccccc2-c2cc(N(c3ccccc3)c3ccc4ccc5c6c(cc7ccc3c4c75)C(C)(C)c3cc(N(c4ccccc4)c4cccc5c4oc4c(-c7ccccc7)cccc45)ccc3-6)ccc21. The van der Waals surface area contributed by atoms with Crippen LogP contribution >= 0.6 is 0 Å². The first-order valence-electron chi connectivity index (χ1n) is 25.6. The molecule has 0 aliphatic heterocycles. The van der Waals surface area contributed by atoms with Gasteiger partial charge in [-0.05, 0) is 144 Å². The van der Waals surface area contributed by atoms with E-state index in [0.29, 0.717) is 0 Å². The topological polar surface area (TPSA) is 19.6 Å². The van der Waals surface area contributed by atoms with Crippen LogP contribution in [-0.4, -0.2) is 0 Å². The summed E-state index contributed by atoms with van der Waals surface area (Å²) < 4.78 is 7.05. The Hall–Kier alpha value is -8.92. The molecule has 0 bridgehead atoms. The summed E-state index contributed by atoms with van der Waals surface area (Å²) in [5.74, 6) is 0. The van der Waals surface area contributed by atoms with Crippen molar-refractivity contribution in [1.29, 1.82) is 0 Å². The Kier molecular flexibility index (Phi) is 8.76. The van der Waals surface area contributed by atoms with Gasteiger partial charge in [0, 0.05) is 55.3 Å². The van der Waals surface area contributed by atoms with E-state index in [0.717, 1.165) is 61.5 Å². The summed E-state index contributed by atoms with van der Waals surface area (Å²) >= 11 is 0. The summed E-state index contributed by atoms with van der Waals surface area (Å²) in [5, 5.41) is 9.88. The highest BCUT2D eigenvalue weighted by atomic mass is 16.3. The molecule has 1 aromatic heterocycles. The average Bonchev–Trinajstić information content (AvgIpc) is 4.01. The minimum absolute atomic E-state index is 0.0663. The van der Waals surface area contributed by atoms with Crippen LogP contribution in [0.25, 0.3) is 87.6 Å². The maximum Gasteiger partial charge on any atom is 0.159 e. The first-order valence-corrected chi connectivity index (χ1v) is 25.6. The van der Waals surface area contributed by atoms with Crippen LogP contribution in [0.1, 0.15) is 49.9 Å². The van der Waals surface area contributed by atoms with Crippen molar-refractivity contribution in [2.45, 2.75) is 38.5 Å². The monoisotopic (exact) mass is 934 g/mol. The summed E-state index contributed by atoms with van der Waals surface area (Å²) in [4.78, 5) is 4.85. The van der Waals surface area contributed by atoms with Crippen LogP contribution in [0.2, 0.25) is 0 Å². The second-order valence-electron chi connectivity index (χ2n) is 21.2. The molecule has 13 aromatic rings. The summed E-state index contributed by atoms with van der Waals surface area (Å²) in [7, 11) is 0. The summed E-state index contributed by atoms with van der Waals surface area (Å²) in [6.45, 7) is 9.52. The number of anilines is 6. The standard InChI is InChI=1S/C70H50N2O/c1-69(2)58-28-15-14-24-51(58)57-41-48(34-38-59(57)69)71(46-20-10-6-11-21-46)62-39-32-44-30-36-56-65-45(31-35-55(62)64(44)65)40-61-66(56)54-37-33-49(42-60(54)70(61,3)4)72(47-22-12-7-13-23-47)63-29-17-27-53-52-26-16-25-50(67(52)73-68(53)63)43-18-8-5-9-19-43/h5-42H,1-4H3. The van der Waals surface area contributed by atoms with Gasteiger partial charge in [0.2, 0.25) is 0 Å². The molecule has 12 aromatic carbocycles. The number of hydrogen-bond acceptors (Lipinski definition) is 3. The fraction of sp³-hybridized carbons (Fsp3) is 0.0857. The van der Waals surface area contributed by atoms with Gasteiger partial charge >= 0.3 is 0 Å². The molecule has 1 heterocycles. The highest BCUT2D eigenvalue weighted by Crippen LogP contribution is 2.57. The molecular weight excluding hydrogens is 885 g/mol. The summed E-state index contributed by atoms with van der Waals surface area (Å²) in [6, 6.07) is 85.1. The number of rotatable bonds is 7. The van der Waals surface area contributed by atoms with Crippen molar-refractivity contribution in [2.24, 2.45) is 0 Å². The van der Waals surface area contributed by atoms with Gasteiger partial charge in [-0.2, -0.15) is 0 Å². The zero-order valence-corrected chi connectivity index (χ0v) is 41.2. The van der Waals surface area contributed by atoms with Gasteiger partial charge in [0.15, 0.2) is 5.58 Å². The van der Waals surface area contributed by atoms with Crippen molar-refractivity contribution < 1.29 is 4.42 Å². The van der Waals surface area contributed by atoms with Gasteiger partial charge in [0.1, 0.15) is 5.58 Å². The average molecular weight is 935 g/mol. The molecule has 0 amide bonds. The Labute approximate surface area is 425 Å². The van der Waals surface area contributed by atoms with Crippen molar-refractivity contribution in [3.8, 4) is 33.4 Å². The van der Waals surface area contributed by atoms with Gasteiger partial charge < -0.3 is 14.2 Å².